The van der Waals surface area contributed by atoms with Gasteiger partial charge in [-0.05, 0) is 18.6 Å². The second kappa shape index (κ2) is 6.95. The van der Waals surface area contributed by atoms with Crippen LogP contribution in [0.25, 0.3) is 0 Å². The van der Waals surface area contributed by atoms with Gasteiger partial charge in [0.25, 0.3) is 0 Å². The van der Waals surface area contributed by atoms with E-state index in [-0.39, 0.29) is 0 Å². The molecule has 90 valence electrons. The van der Waals surface area contributed by atoms with Crippen LogP contribution in [0.15, 0.2) is 18.2 Å². The molecule has 1 rings (SSSR count). The van der Waals surface area contributed by atoms with Gasteiger partial charge < -0.3 is 20.5 Å². The van der Waals surface area contributed by atoms with Crippen LogP contribution in [0.5, 0.6) is 5.75 Å². The van der Waals surface area contributed by atoms with Gasteiger partial charge in [0.2, 0.25) is 0 Å². The summed E-state index contributed by atoms with van der Waals surface area (Å²) < 4.78 is 10.5. The van der Waals surface area contributed by atoms with Crippen LogP contribution >= 0.6 is 0 Å². The van der Waals surface area contributed by atoms with Gasteiger partial charge in [-0.1, -0.05) is 13.0 Å². The van der Waals surface area contributed by atoms with Crippen molar-refractivity contribution in [2.75, 3.05) is 37.9 Å². The zero-order valence-corrected chi connectivity index (χ0v) is 9.95. The first-order valence-corrected chi connectivity index (χ1v) is 5.53. The SMILES string of the molecule is CCCOc1cccc(NCCOC)c1N. The summed E-state index contributed by atoms with van der Waals surface area (Å²) in [6.07, 6.45) is 0.973. The fourth-order valence-electron chi connectivity index (χ4n) is 1.32. The minimum Gasteiger partial charge on any atom is -0.491 e. The quantitative estimate of drug-likeness (QED) is 0.550. The molecule has 16 heavy (non-hydrogen) atoms. The van der Waals surface area contributed by atoms with Crippen LogP contribution in [0, 0.1) is 0 Å². The average molecular weight is 224 g/mol. The van der Waals surface area contributed by atoms with Crippen LogP contribution in [0.1, 0.15) is 13.3 Å². The lowest BCUT2D eigenvalue weighted by atomic mass is 10.2. The first kappa shape index (κ1) is 12.6. The highest BCUT2D eigenvalue weighted by Gasteiger charge is 2.04. The smallest absolute Gasteiger partial charge is 0.144 e. The predicted molar refractivity (Wildman–Crippen MR) is 67.0 cm³/mol. The third-order valence-electron chi connectivity index (χ3n) is 2.15. The van der Waals surface area contributed by atoms with Crippen LogP contribution in [0.4, 0.5) is 11.4 Å². The average Bonchev–Trinajstić information content (AvgIpc) is 2.30. The summed E-state index contributed by atoms with van der Waals surface area (Å²) in [5, 5.41) is 3.20. The van der Waals surface area contributed by atoms with E-state index in [0.717, 1.165) is 24.4 Å². The van der Waals surface area contributed by atoms with Gasteiger partial charge in [-0.2, -0.15) is 0 Å². The molecule has 0 bridgehead atoms. The van der Waals surface area contributed by atoms with Gasteiger partial charge in [-0.15, -0.1) is 0 Å². The Balaban J connectivity index is 2.62. The first-order chi connectivity index (χ1) is 7.79. The molecule has 1 aromatic carbocycles. The molecule has 0 aromatic heterocycles. The zero-order valence-electron chi connectivity index (χ0n) is 9.95. The molecule has 0 saturated heterocycles. The van der Waals surface area contributed by atoms with Crippen molar-refractivity contribution in [1.29, 1.82) is 0 Å². The Hall–Kier alpha value is -1.42. The van der Waals surface area contributed by atoms with Crippen LogP contribution in [-0.2, 0) is 4.74 Å². The Morgan fingerprint density at radius 1 is 1.31 bits per heavy atom. The molecule has 0 amide bonds. The Labute approximate surface area is 96.7 Å². The summed E-state index contributed by atoms with van der Waals surface area (Å²) in [7, 11) is 1.67. The number of para-hydroxylation sites is 1. The summed E-state index contributed by atoms with van der Waals surface area (Å²) >= 11 is 0. The molecule has 0 unspecified atom stereocenters. The number of nitrogens with one attached hydrogen (secondary N) is 1. The third kappa shape index (κ3) is 3.62. The van der Waals surface area contributed by atoms with E-state index < -0.39 is 0 Å². The van der Waals surface area contributed by atoms with Crippen molar-refractivity contribution in [3.05, 3.63) is 18.2 Å². The molecule has 0 aliphatic rings. The second-order valence-corrected chi connectivity index (χ2v) is 3.49. The minimum atomic E-state index is 0.652. The molecule has 0 aliphatic carbocycles. The summed E-state index contributed by atoms with van der Waals surface area (Å²) in [6.45, 7) is 4.14. The summed E-state index contributed by atoms with van der Waals surface area (Å²) in [4.78, 5) is 0. The Morgan fingerprint density at radius 2 is 2.12 bits per heavy atom. The maximum absolute atomic E-state index is 5.98. The van der Waals surface area contributed by atoms with Gasteiger partial charge in [0, 0.05) is 13.7 Å². The standard InChI is InChI=1S/C12H20N2O2/c1-3-8-16-11-6-4-5-10(12(11)13)14-7-9-15-2/h4-6,14H,3,7-9,13H2,1-2H3. The van der Waals surface area contributed by atoms with Crippen LogP contribution in [-0.4, -0.2) is 26.9 Å². The molecule has 4 nitrogen and oxygen atoms in total. The maximum atomic E-state index is 5.98. The number of nitrogens with two attached hydrogens (primary N) is 1. The van der Waals surface area contributed by atoms with Crippen molar-refractivity contribution in [2.45, 2.75) is 13.3 Å². The highest BCUT2D eigenvalue weighted by molar-refractivity contribution is 5.72. The molecule has 0 aliphatic heterocycles. The Morgan fingerprint density at radius 3 is 2.81 bits per heavy atom. The normalized spacial score (nSPS) is 10.1. The fraction of sp³-hybridized carbons (Fsp3) is 0.500. The van der Waals surface area contributed by atoms with E-state index in [9.17, 15) is 0 Å². The minimum absolute atomic E-state index is 0.652. The lowest BCUT2D eigenvalue weighted by Crippen LogP contribution is -2.10. The summed E-state index contributed by atoms with van der Waals surface area (Å²) in [6, 6.07) is 5.74. The second-order valence-electron chi connectivity index (χ2n) is 3.49. The highest BCUT2D eigenvalue weighted by atomic mass is 16.5. The topological polar surface area (TPSA) is 56.5 Å². The van der Waals surface area contributed by atoms with Crippen molar-refractivity contribution in [2.24, 2.45) is 0 Å². The van der Waals surface area contributed by atoms with E-state index >= 15 is 0 Å². The number of benzene rings is 1. The number of hydrogen-bond donors (Lipinski definition) is 2. The van der Waals surface area contributed by atoms with E-state index in [1.165, 1.54) is 0 Å². The monoisotopic (exact) mass is 224 g/mol. The molecule has 0 atom stereocenters. The lowest BCUT2D eigenvalue weighted by Gasteiger charge is -2.13. The highest BCUT2D eigenvalue weighted by Crippen LogP contribution is 2.29. The van der Waals surface area contributed by atoms with Crippen molar-refractivity contribution in [1.82, 2.24) is 0 Å². The van der Waals surface area contributed by atoms with E-state index in [2.05, 4.69) is 12.2 Å². The fourth-order valence-corrected chi connectivity index (χ4v) is 1.32. The number of methoxy groups -OCH3 is 1. The Bertz CT molecular complexity index is 316. The van der Waals surface area contributed by atoms with Crippen LogP contribution in [0.2, 0.25) is 0 Å². The van der Waals surface area contributed by atoms with Gasteiger partial charge in [0.15, 0.2) is 0 Å². The molecule has 1 aromatic rings. The molecule has 0 spiro atoms. The van der Waals surface area contributed by atoms with E-state index in [1.807, 2.05) is 18.2 Å². The molecular formula is C12H20N2O2. The predicted octanol–water partition coefficient (Wildman–Crippen LogP) is 2.12. The lowest BCUT2D eigenvalue weighted by molar-refractivity contribution is 0.211. The van der Waals surface area contributed by atoms with E-state index in [0.29, 0.717) is 18.9 Å². The van der Waals surface area contributed by atoms with Gasteiger partial charge in [0.1, 0.15) is 5.75 Å². The number of ether oxygens (including phenoxy) is 2. The Kier molecular flexibility index (Phi) is 5.50. The molecule has 4 heteroatoms. The van der Waals surface area contributed by atoms with Gasteiger partial charge in [0.05, 0.1) is 24.6 Å². The number of rotatable bonds is 7. The number of hydrogen-bond acceptors (Lipinski definition) is 4. The van der Waals surface area contributed by atoms with Crippen LogP contribution in [0.3, 0.4) is 0 Å². The van der Waals surface area contributed by atoms with Crippen molar-refractivity contribution in [3.63, 3.8) is 0 Å². The molecule has 0 radical (unpaired) electrons. The largest absolute Gasteiger partial charge is 0.491 e. The van der Waals surface area contributed by atoms with E-state index in [1.54, 1.807) is 7.11 Å². The van der Waals surface area contributed by atoms with Crippen molar-refractivity contribution in [3.8, 4) is 5.75 Å². The van der Waals surface area contributed by atoms with E-state index in [4.69, 9.17) is 15.2 Å². The first-order valence-electron chi connectivity index (χ1n) is 5.53. The van der Waals surface area contributed by atoms with Gasteiger partial charge in [-0.25, -0.2) is 0 Å². The zero-order chi connectivity index (χ0) is 11.8. The molecular weight excluding hydrogens is 204 g/mol. The van der Waals surface area contributed by atoms with Gasteiger partial charge in [-0.3, -0.25) is 0 Å². The summed E-state index contributed by atoms with van der Waals surface area (Å²) in [5.74, 6) is 0.740. The van der Waals surface area contributed by atoms with Crippen LogP contribution < -0.4 is 15.8 Å². The molecule has 3 N–H and O–H groups in total. The molecule has 0 fully saturated rings. The maximum Gasteiger partial charge on any atom is 0.144 e. The number of anilines is 2. The van der Waals surface area contributed by atoms with Gasteiger partial charge >= 0.3 is 0 Å². The van der Waals surface area contributed by atoms with Crippen molar-refractivity contribution >= 4 is 11.4 Å². The molecule has 0 saturated carbocycles. The third-order valence-corrected chi connectivity index (χ3v) is 2.15. The van der Waals surface area contributed by atoms with Crippen molar-refractivity contribution < 1.29 is 9.47 Å². The molecule has 0 heterocycles. The number of nitrogen functional groups attached to an aromatic ring is 1. The summed E-state index contributed by atoms with van der Waals surface area (Å²) in [5.41, 5.74) is 7.53.